The number of hydrogen-bond acceptors (Lipinski definition) is 5. The molecule has 0 radical (unpaired) electrons. The average molecular weight is 260 g/mol. The van der Waals surface area contributed by atoms with Gasteiger partial charge in [-0.15, -0.1) is 0 Å². The molecule has 2 aromatic rings. The van der Waals surface area contributed by atoms with Crippen molar-refractivity contribution in [3.8, 4) is 11.6 Å². The summed E-state index contributed by atoms with van der Waals surface area (Å²) in [4.78, 5) is 24.5. The van der Waals surface area contributed by atoms with E-state index in [1.807, 2.05) is 0 Å². The van der Waals surface area contributed by atoms with E-state index >= 15 is 0 Å². The van der Waals surface area contributed by atoms with E-state index in [2.05, 4.69) is 4.98 Å². The first-order valence-corrected chi connectivity index (χ1v) is 5.19. The van der Waals surface area contributed by atoms with Crippen LogP contribution >= 0.6 is 0 Å². The summed E-state index contributed by atoms with van der Waals surface area (Å²) in [6, 6.07) is 9.73. The molecule has 1 aromatic heterocycles. The minimum Gasteiger partial charge on any atom is -0.477 e. The normalized spacial score (nSPS) is 9.89. The van der Waals surface area contributed by atoms with Crippen LogP contribution in [0, 0.1) is 10.1 Å². The lowest BCUT2D eigenvalue weighted by Gasteiger charge is -2.04. The van der Waals surface area contributed by atoms with Gasteiger partial charge in [0.05, 0.1) is 4.92 Å². The van der Waals surface area contributed by atoms with Gasteiger partial charge in [0.1, 0.15) is 5.75 Å². The van der Waals surface area contributed by atoms with Crippen LogP contribution in [0.2, 0.25) is 0 Å². The smallest absolute Gasteiger partial charge is 0.354 e. The molecule has 2 rings (SSSR count). The second kappa shape index (κ2) is 5.13. The molecule has 0 fully saturated rings. The molecule has 0 atom stereocenters. The van der Waals surface area contributed by atoms with Gasteiger partial charge in [-0.1, -0.05) is 6.07 Å². The van der Waals surface area contributed by atoms with Gasteiger partial charge in [-0.3, -0.25) is 10.1 Å². The molecule has 96 valence electrons. The van der Waals surface area contributed by atoms with Crippen molar-refractivity contribution in [1.29, 1.82) is 0 Å². The molecule has 0 aliphatic heterocycles. The van der Waals surface area contributed by atoms with E-state index < -0.39 is 10.9 Å². The molecule has 19 heavy (non-hydrogen) atoms. The highest BCUT2D eigenvalue weighted by molar-refractivity contribution is 5.85. The lowest BCUT2D eigenvalue weighted by Crippen LogP contribution is -2.00. The van der Waals surface area contributed by atoms with Crippen molar-refractivity contribution in [1.82, 2.24) is 4.98 Å². The first-order valence-electron chi connectivity index (χ1n) is 5.19. The monoisotopic (exact) mass is 260 g/mol. The van der Waals surface area contributed by atoms with Gasteiger partial charge in [0.25, 0.3) is 5.69 Å². The zero-order valence-corrected chi connectivity index (χ0v) is 9.52. The average Bonchev–Trinajstić information content (AvgIpc) is 2.39. The molecule has 1 N–H and O–H groups in total. The van der Waals surface area contributed by atoms with Crippen molar-refractivity contribution in [2.75, 3.05) is 0 Å². The maximum Gasteiger partial charge on any atom is 0.354 e. The summed E-state index contributed by atoms with van der Waals surface area (Å²) >= 11 is 0. The minimum atomic E-state index is -1.16. The number of rotatable bonds is 4. The Morgan fingerprint density at radius 1 is 1.21 bits per heavy atom. The number of aromatic nitrogens is 1. The standard InChI is InChI=1S/C12H8N2O5/c15-12(16)10-2-1-3-11(13-10)19-9-6-4-8(5-7-9)14(17)18/h1-7H,(H,15,16). The van der Waals surface area contributed by atoms with Gasteiger partial charge in [0, 0.05) is 18.2 Å². The topological polar surface area (TPSA) is 103 Å². The Hall–Kier alpha value is -2.96. The summed E-state index contributed by atoms with van der Waals surface area (Å²) < 4.78 is 5.31. The van der Waals surface area contributed by atoms with Crippen molar-refractivity contribution < 1.29 is 19.6 Å². The number of carboxylic acids is 1. The lowest BCUT2D eigenvalue weighted by atomic mass is 10.3. The summed E-state index contributed by atoms with van der Waals surface area (Å²) in [6.07, 6.45) is 0. The van der Waals surface area contributed by atoms with Crippen molar-refractivity contribution in [3.63, 3.8) is 0 Å². The molecule has 0 aliphatic carbocycles. The Labute approximate surface area is 107 Å². The van der Waals surface area contributed by atoms with Crippen LogP contribution in [0.4, 0.5) is 5.69 Å². The molecule has 7 nitrogen and oxygen atoms in total. The number of ether oxygens (including phenoxy) is 1. The third kappa shape index (κ3) is 3.03. The van der Waals surface area contributed by atoms with Crippen LogP contribution in [0.1, 0.15) is 10.5 Å². The molecule has 0 spiro atoms. The number of aromatic carboxylic acids is 1. The first kappa shape index (κ1) is 12.5. The SMILES string of the molecule is O=C(O)c1cccc(Oc2ccc([N+](=O)[O-])cc2)n1. The van der Waals surface area contributed by atoms with Gasteiger partial charge >= 0.3 is 5.97 Å². The fourth-order valence-electron chi connectivity index (χ4n) is 1.35. The predicted molar refractivity (Wildman–Crippen MR) is 64.4 cm³/mol. The second-order valence-corrected chi connectivity index (χ2v) is 3.52. The molecule has 0 aliphatic rings. The van der Waals surface area contributed by atoms with Gasteiger partial charge < -0.3 is 9.84 Å². The molecule has 1 heterocycles. The van der Waals surface area contributed by atoms with Crippen molar-refractivity contribution in [2.45, 2.75) is 0 Å². The highest BCUT2D eigenvalue weighted by atomic mass is 16.6. The van der Waals surface area contributed by atoms with Crippen LogP contribution in [0.25, 0.3) is 0 Å². The third-order valence-corrected chi connectivity index (χ3v) is 2.21. The molecular formula is C12H8N2O5. The largest absolute Gasteiger partial charge is 0.477 e. The van der Waals surface area contributed by atoms with Crippen molar-refractivity contribution in [2.24, 2.45) is 0 Å². The lowest BCUT2D eigenvalue weighted by molar-refractivity contribution is -0.384. The van der Waals surface area contributed by atoms with Gasteiger partial charge in [-0.2, -0.15) is 0 Å². The molecule has 0 saturated heterocycles. The summed E-state index contributed by atoms with van der Waals surface area (Å²) in [6.45, 7) is 0. The summed E-state index contributed by atoms with van der Waals surface area (Å²) in [5.74, 6) is -0.719. The van der Waals surface area contributed by atoms with E-state index in [0.717, 1.165) is 0 Å². The Morgan fingerprint density at radius 3 is 2.47 bits per heavy atom. The summed E-state index contributed by atoms with van der Waals surface area (Å²) in [7, 11) is 0. The first-order chi connectivity index (χ1) is 9.06. The molecule has 7 heteroatoms. The Bertz CT molecular complexity index is 624. The molecule has 1 aromatic carbocycles. The fraction of sp³-hybridized carbons (Fsp3) is 0. The van der Waals surface area contributed by atoms with Crippen LogP contribution in [0.15, 0.2) is 42.5 Å². The van der Waals surface area contributed by atoms with E-state index in [-0.39, 0.29) is 17.3 Å². The summed E-state index contributed by atoms with van der Waals surface area (Å²) in [5, 5.41) is 19.3. The zero-order valence-electron chi connectivity index (χ0n) is 9.52. The van der Waals surface area contributed by atoms with Gasteiger partial charge in [-0.05, 0) is 18.2 Å². The molecular weight excluding hydrogens is 252 g/mol. The Balaban J connectivity index is 2.19. The maximum atomic E-state index is 10.7. The van der Waals surface area contributed by atoms with Crippen molar-refractivity contribution in [3.05, 3.63) is 58.3 Å². The quantitative estimate of drug-likeness (QED) is 0.669. The number of nitro benzene ring substituents is 1. The van der Waals surface area contributed by atoms with Gasteiger partial charge in [0.15, 0.2) is 5.69 Å². The molecule has 0 bridgehead atoms. The highest BCUT2D eigenvalue weighted by Crippen LogP contribution is 2.22. The highest BCUT2D eigenvalue weighted by Gasteiger charge is 2.08. The van der Waals surface area contributed by atoms with E-state index in [4.69, 9.17) is 9.84 Å². The van der Waals surface area contributed by atoms with E-state index in [1.54, 1.807) is 0 Å². The summed E-state index contributed by atoms with van der Waals surface area (Å²) in [5.41, 5.74) is -0.195. The third-order valence-electron chi connectivity index (χ3n) is 2.21. The minimum absolute atomic E-state index is 0.0559. The zero-order chi connectivity index (χ0) is 13.8. The number of nitrogens with zero attached hydrogens (tertiary/aromatic N) is 2. The van der Waals surface area contributed by atoms with Crippen LogP contribution in [-0.2, 0) is 0 Å². The van der Waals surface area contributed by atoms with E-state index in [0.29, 0.717) is 5.75 Å². The van der Waals surface area contributed by atoms with Gasteiger partial charge in [-0.25, -0.2) is 9.78 Å². The maximum absolute atomic E-state index is 10.7. The van der Waals surface area contributed by atoms with Crippen LogP contribution in [0.5, 0.6) is 11.6 Å². The number of hydrogen-bond donors (Lipinski definition) is 1. The molecule has 0 unspecified atom stereocenters. The number of carbonyl (C=O) groups is 1. The second-order valence-electron chi connectivity index (χ2n) is 3.52. The number of benzene rings is 1. The van der Waals surface area contributed by atoms with Crippen LogP contribution < -0.4 is 4.74 Å². The van der Waals surface area contributed by atoms with E-state index in [1.165, 1.54) is 42.5 Å². The van der Waals surface area contributed by atoms with Crippen LogP contribution in [0.3, 0.4) is 0 Å². The predicted octanol–water partition coefficient (Wildman–Crippen LogP) is 2.48. The number of pyridine rings is 1. The van der Waals surface area contributed by atoms with Crippen LogP contribution in [-0.4, -0.2) is 21.0 Å². The number of carboxylic acid groups (broad SMARTS) is 1. The fourth-order valence-corrected chi connectivity index (χ4v) is 1.35. The molecule has 0 amide bonds. The Morgan fingerprint density at radius 2 is 1.89 bits per heavy atom. The number of nitro groups is 1. The molecule has 0 saturated carbocycles. The van der Waals surface area contributed by atoms with Crippen molar-refractivity contribution >= 4 is 11.7 Å². The number of non-ortho nitro benzene ring substituents is 1. The van der Waals surface area contributed by atoms with Gasteiger partial charge in [0.2, 0.25) is 5.88 Å². The Kier molecular flexibility index (Phi) is 3.37. The van der Waals surface area contributed by atoms with E-state index in [9.17, 15) is 14.9 Å².